The summed E-state index contributed by atoms with van der Waals surface area (Å²) in [4.78, 5) is 14.1. The minimum Gasteiger partial charge on any atom is -0.494 e. The number of carbonyl (C=O) groups excluding carboxylic acids is 1. The van der Waals surface area contributed by atoms with Crippen LogP contribution in [0.5, 0.6) is 5.75 Å². The molecule has 1 aromatic carbocycles. The van der Waals surface area contributed by atoms with Crippen molar-refractivity contribution < 1.29 is 9.53 Å². The number of halogens is 1. The molecular weight excluding hydrogens is 306 g/mol. The topological polar surface area (TPSA) is 29.5 Å². The molecule has 2 atom stereocenters. The van der Waals surface area contributed by atoms with Crippen LogP contribution in [0.15, 0.2) is 24.3 Å². The molecule has 0 aliphatic carbocycles. The largest absolute Gasteiger partial charge is 0.494 e. The van der Waals surface area contributed by atoms with E-state index in [0.29, 0.717) is 6.42 Å². The van der Waals surface area contributed by atoms with Gasteiger partial charge in [-0.3, -0.25) is 4.79 Å². The van der Waals surface area contributed by atoms with E-state index in [9.17, 15) is 4.79 Å². The van der Waals surface area contributed by atoms with Gasteiger partial charge < -0.3 is 9.64 Å². The molecule has 0 N–H and O–H groups in total. The van der Waals surface area contributed by atoms with E-state index in [1.165, 1.54) is 0 Å². The Morgan fingerprint density at radius 2 is 2.11 bits per heavy atom. The Morgan fingerprint density at radius 3 is 2.63 bits per heavy atom. The van der Waals surface area contributed by atoms with Crippen LogP contribution >= 0.6 is 15.9 Å². The second kappa shape index (κ2) is 6.42. The van der Waals surface area contributed by atoms with Gasteiger partial charge in [0.05, 0.1) is 12.6 Å². The molecule has 2 unspecified atom stereocenters. The van der Waals surface area contributed by atoms with E-state index in [2.05, 4.69) is 29.8 Å². The normalized spacial score (nSPS) is 20.7. The molecule has 0 spiro atoms. The van der Waals surface area contributed by atoms with Crippen molar-refractivity contribution in [3.05, 3.63) is 29.8 Å². The summed E-state index contributed by atoms with van der Waals surface area (Å²) in [6, 6.07) is 8.17. The van der Waals surface area contributed by atoms with Gasteiger partial charge in [0.15, 0.2) is 0 Å². The number of rotatable bonds is 5. The molecule has 0 aromatic heterocycles. The fourth-order valence-corrected chi connectivity index (χ4v) is 2.89. The molecule has 0 radical (unpaired) electrons. The zero-order chi connectivity index (χ0) is 13.8. The lowest BCUT2D eigenvalue weighted by molar-refractivity contribution is -0.129. The van der Waals surface area contributed by atoms with Crippen LogP contribution < -0.4 is 4.74 Å². The van der Waals surface area contributed by atoms with Crippen LogP contribution in [0, 0.1) is 0 Å². The number of alkyl halides is 1. The standard InChI is InChI=1S/C15H20BrNO2/c1-3-8-19-14-6-4-12(5-7-14)11(2)17-10-13(16)9-15(17)18/h4-7,11,13H,3,8-10H2,1-2H3. The Morgan fingerprint density at radius 1 is 1.42 bits per heavy atom. The van der Waals surface area contributed by atoms with Gasteiger partial charge in [0, 0.05) is 17.8 Å². The fraction of sp³-hybridized carbons (Fsp3) is 0.533. The molecule has 1 aliphatic heterocycles. The Balaban J connectivity index is 2.03. The summed E-state index contributed by atoms with van der Waals surface area (Å²) in [5.74, 6) is 1.12. The van der Waals surface area contributed by atoms with Crippen LogP contribution in [-0.2, 0) is 4.79 Å². The molecular formula is C15H20BrNO2. The maximum absolute atomic E-state index is 11.9. The molecule has 1 fully saturated rings. The maximum Gasteiger partial charge on any atom is 0.224 e. The van der Waals surface area contributed by atoms with Gasteiger partial charge >= 0.3 is 0 Å². The minimum absolute atomic E-state index is 0.121. The van der Waals surface area contributed by atoms with Crippen molar-refractivity contribution in [2.24, 2.45) is 0 Å². The Labute approximate surface area is 123 Å². The molecule has 3 nitrogen and oxygen atoms in total. The lowest BCUT2D eigenvalue weighted by Crippen LogP contribution is -2.28. The molecule has 19 heavy (non-hydrogen) atoms. The van der Waals surface area contributed by atoms with Crippen molar-refractivity contribution in [3.63, 3.8) is 0 Å². The van der Waals surface area contributed by atoms with Crippen molar-refractivity contribution in [3.8, 4) is 5.75 Å². The predicted molar refractivity (Wildman–Crippen MR) is 79.7 cm³/mol. The number of amides is 1. The van der Waals surface area contributed by atoms with E-state index in [4.69, 9.17) is 4.74 Å². The van der Waals surface area contributed by atoms with Crippen LogP contribution in [0.3, 0.4) is 0 Å². The van der Waals surface area contributed by atoms with Crippen LogP contribution in [0.2, 0.25) is 0 Å². The van der Waals surface area contributed by atoms with E-state index in [1.807, 2.05) is 29.2 Å². The molecule has 1 saturated heterocycles. The summed E-state index contributed by atoms with van der Waals surface area (Å²) in [6.07, 6.45) is 1.61. The van der Waals surface area contributed by atoms with E-state index in [0.717, 1.165) is 30.9 Å². The summed E-state index contributed by atoms with van der Waals surface area (Å²) in [5.41, 5.74) is 1.15. The number of hydrogen-bond donors (Lipinski definition) is 0. The van der Waals surface area contributed by atoms with Gasteiger partial charge in [-0.2, -0.15) is 0 Å². The average Bonchev–Trinajstić information content (AvgIpc) is 2.75. The van der Waals surface area contributed by atoms with Crippen LogP contribution in [-0.4, -0.2) is 28.8 Å². The number of nitrogens with zero attached hydrogens (tertiary/aromatic N) is 1. The molecule has 2 rings (SSSR count). The summed E-state index contributed by atoms with van der Waals surface area (Å²) in [7, 11) is 0. The highest BCUT2D eigenvalue weighted by Gasteiger charge is 2.31. The summed E-state index contributed by atoms with van der Waals surface area (Å²) in [5, 5.41) is 0. The van der Waals surface area contributed by atoms with Crippen molar-refractivity contribution >= 4 is 21.8 Å². The highest BCUT2D eigenvalue weighted by molar-refractivity contribution is 9.09. The fourth-order valence-electron chi connectivity index (χ4n) is 2.30. The predicted octanol–water partition coefficient (Wildman–Crippen LogP) is 3.53. The third-order valence-electron chi connectivity index (χ3n) is 3.41. The first-order chi connectivity index (χ1) is 9.11. The molecule has 4 heteroatoms. The number of ether oxygens (including phenoxy) is 1. The summed E-state index contributed by atoms with van der Waals surface area (Å²) in [6.45, 7) is 5.69. The number of likely N-dealkylation sites (tertiary alicyclic amines) is 1. The monoisotopic (exact) mass is 325 g/mol. The van der Waals surface area contributed by atoms with E-state index < -0.39 is 0 Å². The molecule has 1 amide bonds. The van der Waals surface area contributed by atoms with Crippen LogP contribution in [0.1, 0.15) is 38.3 Å². The smallest absolute Gasteiger partial charge is 0.224 e. The maximum atomic E-state index is 11.9. The average molecular weight is 326 g/mol. The van der Waals surface area contributed by atoms with Gasteiger partial charge in [0.2, 0.25) is 5.91 Å². The third kappa shape index (κ3) is 3.50. The minimum atomic E-state index is 0.121. The van der Waals surface area contributed by atoms with Crippen molar-refractivity contribution in [1.82, 2.24) is 4.90 Å². The van der Waals surface area contributed by atoms with Gasteiger partial charge in [-0.05, 0) is 31.0 Å². The quantitative estimate of drug-likeness (QED) is 0.775. The van der Waals surface area contributed by atoms with E-state index in [-0.39, 0.29) is 16.8 Å². The number of benzene rings is 1. The first kappa shape index (κ1) is 14.4. The Kier molecular flexibility index (Phi) is 4.86. The van der Waals surface area contributed by atoms with Gasteiger partial charge in [-0.15, -0.1) is 0 Å². The van der Waals surface area contributed by atoms with Gasteiger partial charge in [0.1, 0.15) is 5.75 Å². The third-order valence-corrected chi connectivity index (χ3v) is 4.03. The zero-order valence-corrected chi connectivity index (χ0v) is 13.0. The summed E-state index contributed by atoms with van der Waals surface area (Å²) < 4.78 is 5.57. The first-order valence-electron chi connectivity index (χ1n) is 6.78. The van der Waals surface area contributed by atoms with E-state index in [1.54, 1.807) is 0 Å². The highest BCUT2D eigenvalue weighted by Crippen LogP contribution is 2.29. The highest BCUT2D eigenvalue weighted by atomic mass is 79.9. The van der Waals surface area contributed by atoms with Crippen LogP contribution in [0.4, 0.5) is 0 Å². The SMILES string of the molecule is CCCOc1ccc(C(C)N2CC(Br)CC2=O)cc1. The Bertz CT molecular complexity index is 432. The lowest BCUT2D eigenvalue weighted by Gasteiger charge is -2.25. The van der Waals surface area contributed by atoms with Crippen LogP contribution in [0.25, 0.3) is 0 Å². The lowest BCUT2D eigenvalue weighted by atomic mass is 10.1. The molecule has 1 aromatic rings. The molecule has 104 valence electrons. The molecule has 1 aliphatic rings. The number of hydrogen-bond acceptors (Lipinski definition) is 2. The number of carbonyl (C=O) groups is 1. The molecule has 1 heterocycles. The first-order valence-corrected chi connectivity index (χ1v) is 7.69. The van der Waals surface area contributed by atoms with Gasteiger partial charge in [-0.1, -0.05) is 35.0 Å². The second-order valence-electron chi connectivity index (χ2n) is 4.94. The summed E-state index contributed by atoms with van der Waals surface area (Å²) >= 11 is 3.52. The van der Waals surface area contributed by atoms with Crippen molar-refractivity contribution in [2.75, 3.05) is 13.2 Å². The molecule has 0 saturated carbocycles. The van der Waals surface area contributed by atoms with E-state index >= 15 is 0 Å². The zero-order valence-electron chi connectivity index (χ0n) is 11.4. The van der Waals surface area contributed by atoms with Crippen molar-refractivity contribution in [1.29, 1.82) is 0 Å². The van der Waals surface area contributed by atoms with Gasteiger partial charge in [0.25, 0.3) is 0 Å². The molecule has 0 bridgehead atoms. The second-order valence-corrected chi connectivity index (χ2v) is 6.24. The van der Waals surface area contributed by atoms with Gasteiger partial charge in [-0.25, -0.2) is 0 Å². The van der Waals surface area contributed by atoms with Crippen molar-refractivity contribution in [2.45, 2.75) is 37.6 Å². The Hall–Kier alpha value is -1.03.